The summed E-state index contributed by atoms with van der Waals surface area (Å²) >= 11 is 0. The van der Waals surface area contributed by atoms with Gasteiger partial charge in [-0.2, -0.15) is 0 Å². The van der Waals surface area contributed by atoms with Crippen molar-refractivity contribution in [1.82, 2.24) is 4.90 Å². The second-order valence-corrected chi connectivity index (χ2v) is 6.18. The van der Waals surface area contributed by atoms with E-state index in [9.17, 15) is 4.79 Å². The first-order valence-electron chi connectivity index (χ1n) is 6.75. The number of carbonyl (C=O) groups is 1. The molecule has 0 aromatic carbocycles. The summed E-state index contributed by atoms with van der Waals surface area (Å²) in [7, 11) is 4.17. The van der Waals surface area contributed by atoms with Crippen LogP contribution in [-0.2, 0) is 4.79 Å². The summed E-state index contributed by atoms with van der Waals surface area (Å²) in [4.78, 5) is 14.7. The zero-order valence-electron chi connectivity index (χ0n) is 11.0. The maximum atomic E-state index is 12.5. The highest BCUT2D eigenvalue weighted by Gasteiger charge is 2.43. The van der Waals surface area contributed by atoms with E-state index in [-0.39, 0.29) is 5.54 Å². The lowest BCUT2D eigenvalue weighted by Crippen LogP contribution is -2.53. The van der Waals surface area contributed by atoms with Crippen molar-refractivity contribution < 1.29 is 4.79 Å². The van der Waals surface area contributed by atoms with Gasteiger partial charge in [0.15, 0.2) is 5.78 Å². The van der Waals surface area contributed by atoms with Crippen molar-refractivity contribution in [1.29, 1.82) is 0 Å². The summed E-state index contributed by atoms with van der Waals surface area (Å²) in [5.74, 6) is 2.05. The van der Waals surface area contributed by atoms with Crippen LogP contribution in [0.5, 0.6) is 0 Å². The molecule has 0 aromatic rings. The lowest BCUT2D eigenvalue weighted by molar-refractivity contribution is -0.132. The molecule has 0 unspecified atom stereocenters. The van der Waals surface area contributed by atoms with Gasteiger partial charge in [0.1, 0.15) is 0 Å². The highest BCUT2D eigenvalue weighted by Crippen LogP contribution is 2.40. The van der Waals surface area contributed by atoms with Gasteiger partial charge in [0, 0.05) is 6.42 Å². The lowest BCUT2D eigenvalue weighted by Gasteiger charge is -2.43. The zero-order valence-corrected chi connectivity index (χ0v) is 11.0. The van der Waals surface area contributed by atoms with E-state index >= 15 is 0 Å². The van der Waals surface area contributed by atoms with Gasteiger partial charge in [0.2, 0.25) is 0 Å². The normalized spacial score (nSPS) is 35.4. The monoisotopic (exact) mass is 223 g/mol. The van der Waals surface area contributed by atoms with Crippen molar-refractivity contribution in [2.24, 2.45) is 11.8 Å². The molecular weight excluding hydrogens is 198 g/mol. The predicted octanol–water partition coefficient (Wildman–Crippen LogP) is 2.87. The maximum absolute atomic E-state index is 12.5. The molecule has 0 N–H and O–H groups in total. The van der Waals surface area contributed by atoms with Crippen molar-refractivity contribution in [2.45, 2.75) is 57.4 Å². The number of rotatable bonds is 4. The Morgan fingerprint density at radius 1 is 1.19 bits per heavy atom. The van der Waals surface area contributed by atoms with Crippen LogP contribution in [0.1, 0.15) is 51.9 Å². The smallest absolute Gasteiger partial charge is 0.153 e. The number of ketones is 1. The standard InChI is InChI=1S/C14H25NO/c1-11-6-8-14(9-7-11,15(2)3)13(16)10-12-4-5-12/h11-12H,4-10H2,1-3H3. The Bertz CT molecular complexity index is 260. The molecule has 0 atom stereocenters. The Labute approximate surface area is 99.4 Å². The minimum Gasteiger partial charge on any atom is -0.298 e. The van der Waals surface area contributed by atoms with E-state index in [0.29, 0.717) is 5.78 Å². The van der Waals surface area contributed by atoms with Crippen LogP contribution in [0.25, 0.3) is 0 Å². The second-order valence-electron chi connectivity index (χ2n) is 6.18. The summed E-state index contributed by atoms with van der Waals surface area (Å²) in [5.41, 5.74) is -0.116. The fraction of sp³-hybridized carbons (Fsp3) is 0.929. The molecule has 2 rings (SSSR count). The Hall–Kier alpha value is -0.370. The SMILES string of the molecule is CC1CCC(C(=O)CC2CC2)(N(C)C)CC1. The number of Topliss-reactive ketones (excluding diaryl/α,β-unsaturated/α-hetero) is 1. The van der Waals surface area contributed by atoms with Crippen LogP contribution in [0, 0.1) is 11.8 Å². The van der Waals surface area contributed by atoms with E-state index in [1.165, 1.54) is 25.7 Å². The number of hydrogen-bond donors (Lipinski definition) is 0. The molecule has 0 spiro atoms. The van der Waals surface area contributed by atoms with E-state index < -0.39 is 0 Å². The quantitative estimate of drug-likeness (QED) is 0.730. The van der Waals surface area contributed by atoms with Crippen LogP contribution in [0.4, 0.5) is 0 Å². The topological polar surface area (TPSA) is 20.3 Å². The molecule has 2 saturated carbocycles. The first kappa shape index (κ1) is 12.1. The van der Waals surface area contributed by atoms with Crippen LogP contribution < -0.4 is 0 Å². The van der Waals surface area contributed by atoms with E-state index in [1.54, 1.807) is 0 Å². The van der Waals surface area contributed by atoms with Gasteiger partial charge in [-0.3, -0.25) is 9.69 Å². The van der Waals surface area contributed by atoms with Gasteiger partial charge in [0.05, 0.1) is 5.54 Å². The molecule has 0 amide bonds. The van der Waals surface area contributed by atoms with Gasteiger partial charge in [-0.1, -0.05) is 6.92 Å². The van der Waals surface area contributed by atoms with Gasteiger partial charge in [-0.15, -0.1) is 0 Å². The van der Waals surface area contributed by atoms with E-state index in [4.69, 9.17) is 0 Å². The van der Waals surface area contributed by atoms with Crippen molar-refractivity contribution in [3.05, 3.63) is 0 Å². The van der Waals surface area contributed by atoms with Gasteiger partial charge in [0.25, 0.3) is 0 Å². The molecule has 0 aromatic heterocycles. The Morgan fingerprint density at radius 3 is 2.19 bits per heavy atom. The van der Waals surface area contributed by atoms with Crippen LogP contribution in [0.2, 0.25) is 0 Å². The Kier molecular flexibility index (Phi) is 3.39. The second kappa shape index (κ2) is 4.48. The molecule has 16 heavy (non-hydrogen) atoms. The molecule has 2 heteroatoms. The third kappa shape index (κ3) is 2.32. The van der Waals surface area contributed by atoms with Crippen LogP contribution >= 0.6 is 0 Å². The number of likely N-dealkylation sites (N-methyl/N-ethyl adjacent to an activating group) is 1. The minimum absolute atomic E-state index is 0.116. The predicted molar refractivity (Wildman–Crippen MR) is 66.4 cm³/mol. The van der Waals surface area contributed by atoms with Gasteiger partial charge in [-0.25, -0.2) is 0 Å². The summed E-state index contributed by atoms with van der Waals surface area (Å²) in [6.07, 6.45) is 7.99. The fourth-order valence-electron chi connectivity index (χ4n) is 2.99. The van der Waals surface area contributed by atoms with E-state index in [1.807, 2.05) is 0 Å². The van der Waals surface area contributed by atoms with Crippen molar-refractivity contribution in [3.8, 4) is 0 Å². The van der Waals surface area contributed by atoms with Gasteiger partial charge < -0.3 is 0 Å². The molecule has 92 valence electrons. The van der Waals surface area contributed by atoms with Gasteiger partial charge >= 0.3 is 0 Å². The number of hydrogen-bond acceptors (Lipinski definition) is 2. The average molecular weight is 223 g/mol. The first-order chi connectivity index (χ1) is 7.54. The molecule has 0 aliphatic heterocycles. The summed E-state index contributed by atoms with van der Waals surface area (Å²) < 4.78 is 0. The maximum Gasteiger partial charge on any atom is 0.153 e. The van der Waals surface area contributed by atoms with Crippen LogP contribution in [-0.4, -0.2) is 30.3 Å². The Balaban J connectivity index is 2.04. The van der Waals surface area contributed by atoms with E-state index in [0.717, 1.165) is 31.1 Å². The molecule has 0 heterocycles. The molecule has 2 aliphatic carbocycles. The van der Waals surface area contributed by atoms with Crippen molar-refractivity contribution >= 4 is 5.78 Å². The third-order valence-electron chi connectivity index (χ3n) is 4.65. The molecule has 0 saturated heterocycles. The Morgan fingerprint density at radius 2 is 1.75 bits per heavy atom. The minimum atomic E-state index is -0.116. The number of nitrogens with zero attached hydrogens (tertiary/aromatic N) is 1. The van der Waals surface area contributed by atoms with E-state index in [2.05, 4.69) is 25.9 Å². The molecule has 2 aliphatic rings. The largest absolute Gasteiger partial charge is 0.298 e. The third-order valence-corrected chi connectivity index (χ3v) is 4.65. The molecule has 0 radical (unpaired) electrons. The van der Waals surface area contributed by atoms with Crippen LogP contribution in [0.3, 0.4) is 0 Å². The van der Waals surface area contributed by atoms with Gasteiger partial charge in [-0.05, 0) is 64.5 Å². The van der Waals surface area contributed by atoms with Crippen molar-refractivity contribution in [3.63, 3.8) is 0 Å². The molecular formula is C14H25NO. The summed E-state index contributed by atoms with van der Waals surface area (Å²) in [6, 6.07) is 0. The fourth-order valence-corrected chi connectivity index (χ4v) is 2.99. The summed E-state index contributed by atoms with van der Waals surface area (Å²) in [6.45, 7) is 2.31. The zero-order chi connectivity index (χ0) is 11.8. The number of carbonyl (C=O) groups excluding carboxylic acids is 1. The highest BCUT2D eigenvalue weighted by atomic mass is 16.1. The molecule has 2 fully saturated rings. The van der Waals surface area contributed by atoms with Crippen molar-refractivity contribution in [2.75, 3.05) is 14.1 Å². The van der Waals surface area contributed by atoms with Crippen LogP contribution in [0.15, 0.2) is 0 Å². The lowest BCUT2D eigenvalue weighted by atomic mass is 9.73. The molecule has 2 nitrogen and oxygen atoms in total. The average Bonchev–Trinajstić information content (AvgIpc) is 3.02. The molecule has 0 bridgehead atoms. The summed E-state index contributed by atoms with van der Waals surface area (Å²) in [5, 5.41) is 0. The highest BCUT2D eigenvalue weighted by molar-refractivity contribution is 5.88. The first-order valence-corrected chi connectivity index (χ1v) is 6.75.